The van der Waals surface area contributed by atoms with Crippen molar-refractivity contribution in [1.82, 2.24) is 0 Å². The monoisotopic (exact) mass is 498 g/mol. The van der Waals surface area contributed by atoms with Crippen LogP contribution in [0.1, 0.15) is 29.8 Å². The van der Waals surface area contributed by atoms with Gasteiger partial charge in [-0.1, -0.05) is 29.3 Å². The minimum Gasteiger partial charge on any atom is -0.496 e. The summed E-state index contributed by atoms with van der Waals surface area (Å²) < 4.78 is 11.3. The largest absolute Gasteiger partial charge is 0.496 e. The van der Waals surface area contributed by atoms with Gasteiger partial charge in [0.2, 0.25) is 0 Å². The average Bonchev–Trinajstić information content (AvgIpc) is 2.81. The highest BCUT2D eigenvalue weighted by atomic mass is 35.5. The maximum Gasteiger partial charge on any atom is 0.338 e. The quantitative estimate of drug-likeness (QED) is 0.424. The molecule has 3 aromatic rings. The zero-order valence-corrected chi connectivity index (χ0v) is 20.8. The van der Waals surface area contributed by atoms with Gasteiger partial charge < -0.3 is 19.7 Å². The zero-order valence-electron chi connectivity index (χ0n) is 19.2. The molecule has 34 heavy (non-hydrogen) atoms. The van der Waals surface area contributed by atoms with Gasteiger partial charge in [0, 0.05) is 28.2 Å². The second kappa shape index (κ2) is 9.20. The third-order valence-corrected chi connectivity index (χ3v) is 6.27. The number of nitrogens with one attached hydrogen (secondary N) is 1. The van der Waals surface area contributed by atoms with Crippen LogP contribution in [0, 0.1) is 0 Å². The van der Waals surface area contributed by atoms with E-state index in [2.05, 4.69) is 5.32 Å². The number of likely N-dealkylation sites (N-methyl/N-ethyl adjacent to an activating group) is 1. The lowest BCUT2D eigenvalue weighted by Crippen LogP contribution is -2.52. The van der Waals surface area contributed by atoms with Crippen LogP contribution in [0.25, 0.3) is 11.1 Å². The van der Waals surface area contributed by atoms with E-state index >= 15 is 0 Å². The number of nitrogens with zero attached hydrogens (tertiary/aromatic N) is 1. The van der Waals surface area contributed by atoms with Crippen LogP contribution in [0.5, 0.6) is 5.75 Å². The Morgan fingerprint density at radius 1 is 1.00 bits per heavy atom. The molecule has 4 rings (SSSR count). The molecule has 0 aliphatic carbocycles. The first-order chi connectivity index (χ1) is 16.1. The number of benzene rings is 3. The number of methoxy groups -OCH3 is 1. The van der Waals surface area contributed by atoms with E-state index in [1.807, 2.05) is 26.0 Å². The van der Waals surface area contributed by atoms with Gasteiger partial charge in [0.15, 0.2) is 0 Å². The molecule has 0 bridgehead atoms. The fourth-order valence-corrected chi connectivity index (χ4v) is 4.43. The summed E-state index contributed by atoms with van der Waals surface area (Å²) in [4.78, 5) is 27.4. The van der Waals surface area contributed by atoms with Gasteiger partial charge in [0.05, 0.1) is 24.0 Å². The van der Waals surface area contributed by atoms with E-state index in [0.29, 0.717) is 32.6 Å². The summed E-state index contributed by atoms with van der Waals surface area (Å²) in [5.74, 6) is -0.00968. The molecule has 0 saturated heterocycles. The summed E-state index contributed by atoms with van der Waals surface area (Å²) in [6.45, 7) is 3.57. The topological polar surface area (TPSA) is 67.9 Å². The highest BCUT2D eigenvalue weighted by molar-refractivity contribution is 6.31. The van der Waals surface area contributed by atoms with Gasteiger partial charge in [-0.05, 0) is 67.9 Å². The molecule has 3 aromatic carbocycles. The fourth-order valence-electron chi connectivity index (χ4n) is 4.13. The number of carbonyl (C=O) groups excluding carboxylic acids is 2. The molecule has 0 saturated carbocycles. The van der Waals surface area contributed by atoms with Gasteiger partial charge >= 0.3 is 5.97 Å². The molecular formula is C26H24Cl2N2O4. The standard InChI is InChI=1S/C26H24Cl2N2O4/c1-26(2)25(32)30(3)23-20(14-34-24(31)15-5-7-16(27)8-6-15)18(10-11-21(23)29-26)19-13-17(28)9-12-22(19)33-4/h5-13,29H,14H2,1-4H3. The number of carbonyl (C=O) groups is 2. The van der Waals surface area contributed by atoms with E-state index in [9.17, 15) is 9.59 Å². The van der Waals surface area contributed by atoms with Crippen molar-refractivity contribution >= 4 is 46.5 Å². The van der Waals surface area contributed by atoms with Crippen LogP contribution in [0.15, 0.2) is 54.6 Å². The number of esters is 1. The SMILES string of the molecule is COc1ccc(Cl)cc1-c1ccc2c(c1COC(=O)c1ccc(Cl)cc1)N(C)C(=O)C(C)(C)N2. The van der Waals surface area contributed by atoms with Gasteiger partial charge in [-0.25, -0.2) is 4.79 Å². The van der Waals surface area contributed by atoms with Crippen LogP contribution in [0.3, 0.4) is 0 Å². The van der Waals surface area contributed by atoms with E-state index in [1.165, 1.54) is 0 Å². The second-order valence-electron chi connectivity index (χ2n) is 8.53. The number of hydrogen-bond donors (Lipinski definition) is 1. The van der Waals surface area contributed by atoms with Crippen LogP contribution >= 0.6 is 23.2 Å². The van der Waals surface area contributed by atoms with Gasteiger partial charge in [0.25, 0.3) is 5.91 Å². The Hall–Kier alpha value is -3.22. The molecule has 1 aliphatic heterocycles. The molecule has 176 valence electrons. The predicted octanol–water partition coefficient (Wildman–Crippen LogP) is 6.19. The zero-order chi connectivity index (χ0) is 24.6. The Morgan fingerprint density at radius 3 is 2.35 bits per heavy atom. The van der Waals surface area contributed by atoms with E-state index in [0.717, 1.165) is 16.8 Å². The van der Waals surface area contributed by atoms with Gasteiger partial charge in [-0.2, -0.15) is 0 Å². The normalized spacial score (nSPS) is 14.3. The smallest absolute Gasteiger partial charge is 0.338 e. The van der Waals surface area contributed by atoms with Crippen molar-refractivity contribution in [2.45, 2.75) is 26.0 Å². The summed E-state index contributed by atoms with van der Waals surface area (Å²) in [5.41, 5.74) is 3.10. The van der Waals surface area contributed by atoms with Crippen molar-refractivity contribution in [3.8, 4) is 16.9 Å². The van der Waals surface area contributed by atoms with Crippen LogP contribution in [0.2, 0.25) is 10.0 Å². The minimum atomic E-state index is -0.783. The Labute approximate surface area is 208 Å². The number of amides is 1. The molecule has 1 heterocycles. The van der Waals surface area contributed by atoms with E-state index in [4.69, 9.17) is 32.7 Å². The molecule has 0 aromatic heterocycles. The highest BCUT2D eigenvalue weighted by Gasteiger charge is 2.38. The Kier molecular flexibility index (Phi) is 6.47. The molecule has 0 radical (unpaired) electrons. The number of ether oxygens (including phenoxy) is 2. The van der Waals surface area contributed by atoms with Gasteiger partial charge in [-0.15, -0.1) is 0 Å². The van der Waals surface area contributed by atoms with Crippen LogP contribution in [0.4, 0.5) is 11.4 Å². The predicted molar refractivity (Wildman–Crippen MR) is 135 cm³/mol. The maximum absolute atomic E-state index is 13.1. The maximum atomic E-state index is 13.1. The van der Waals surface area contributed by atoms with Gasteiger partial charge in [-0.3, -0.25) is 4.79 Å². The van der Waals surface area contributed by atoms with E-state index < -0.39 is 11.5 Å². The first kappa shape index (κ1) is 23.9. The summed E-state index contributed by atoms with van der Waals surface area (Å²) in [6.07, 6.45) is 0. The van der Waals surface area contributed by atoms with E-state index in [1.54, 1.807) is 61.5 Å². The van der Waals surface area contributed by atoms with Crippen molar-refractivity contribution in [1.29, 1.82) is 0 Å². The highest BCUT2D eigenvalue weighted by Crippen LogP contribution is 2.44. The molecule has 1 N–H and O–H groups in total. The van der Waals surface area contributed by atoms with Crippen molar-refractivity contribution < 1.29 is 19.1 Å². The summed E-state index contributed by atoms with van der Waals surface area (Å²) in [7, 11) is 3.29. The van der Waals surface area contributed by atoms with Crippen molar-refractivity contribution in [2.24, 2.45) is 0 Å². The molecule has 0 atom stereocenters. The Bertz CT molecular complexity index is 1270. The minimum absolute atomic E-state index is 0.0740. The lowest BCUT2D eigenvalue weighted by molar-refractivity contribution is -0.121. The lowest BCUT2D eigenvalue weighted by atomic mass is 9.92. The first-order valence-electron chi connectivity index (χ1n) is 10.6. The molecule has 0 unspecified atom stereocenters. The summed E-state index contributed by atoms with van der Waals surface area (Å²) >= 11 is 12.2. The molecule has 6 nitrogen and oxygen atoms in total. The molecule has 8 heteroatoms. The third-order valence-electron chi connectivity index (χ3n) is 5.78. The number of anilines is 2. The molecule has 1 amide bonds. The van der Waals surface area contributed by atoms with Crippen LogP contribution < -0.4 is 15.0 Å². The molecule has 0 spiro atoms. The Balaban J connectivity index is 1.83. The average molecular weight is 499 g/mol. The van der Waals surface area contributed by atoms with Crippen LogP contribution in [-0.4, -0.2) is 31.6 Å². The second-order valence-corrected chi connectivity index (χ2v) is 9.40. The summed E-state index contributed by atoms with van der Waals surface area (Å²) in [6, 6.07) is 15.6. The lowest BCUT2D eigenvalue weighted by Gasteiger charge is -2.39. The number of halogens is 2. The molecule has 0 fully saturated rings. The number of rotatable bonds is 5. The van der Waals surface area contributed by atoms with Crippen LogP contribution in [-0.2, 0) is 16.1 Å². The van der Waals surface area contributed by atoms with Crippen molar-refractivity contribution in [2.75, 3.05) is 24.4 Å². The number of hydrogen-bond acceptors (Lipinski definition) is 5. The molecule has 1 aliphatic rings. The van der Waals surface area contributed by atoms with Crippen molar-refractivity contribution in [3.05, 3.63) is 75.8 Å². The van der Waals surface area contributed by atoms with E-state index in [-0.39, 0.29) is 12.5 Å². The fraction of sp³-hybridized carbons (Fsp3) is 0.231. The number of fused-ring (bicyclic) bond motifs is 1. The molecular weight excluding hydrogens is 475 g/mol. The van der Waals surface area contributed by atoms with Gasteiger partial charge in [0.1, 0.15) is 17.9 Å². The third kappa shape index (κ3) is 4.43. The van der Waals surface area contributed by atoms with Crippen molar-refractivity contribution in [3.63, 3.8) is 0 Å². The Morgan fingerprint density at radius 2 is 1.68 bits per heavy atom. The summed E-state index contributed by atoms with van der Waals surface area (Å²) in [5, 5.41) is 4.35. The first-order valence-corrected chi connectivity index (χ1v) is 11.4.